The molecule has 1 unspecified atom stereocenters. The summed E-state index contributed by atoms with van der Waals surface area (Å²) < 4.78 is 27.0. The molecule has 2 nitrogen and oxygen atoms in total. The van der Waals surface area contributed by atoms with E-state index in [1.54, 1.807) is 13.0 Å². The first-order valence-corrected chi connectivity index (χ1v) is 8.01. The lowest BCUT2D eigenvalue weighted by Crippen LogP contribution is -2.23. The van der Waals surface area contributed by atoms with Crippen LogP contribution >= 0.6 is 23.4 Å². The second-order valence-corrected chi connectivity index (χ2v) is 6.37. The van der Waals surface area contributed by atoms with Gasteiger partial charge in [-0.15, -0.1) is 11.8 Å². The second kappa shape index (κ2) is 7.61. The molecule has 6 heteroatoms. The fourth-order valence-corrected chi connectivity index (χ4v) is 2.92. The number of anilines is 1. The molecule has 0 aliphatic heterocycles. The molecule has 0 heterocycles. The maximum Gasteiger partial charge on any atom is 0.237 e. The predicted molar refractivity (Wildman–Crippen MR) is 87.2 cm³/mol. The lowest BCUT2D eigenvalue weighted by molar-refractivity contribution is -0.115. The maximum absolute atomic E-state index is 13.5. The van der Waals surface area contributed by atoms with Gasteiger partial charge in [0.1, 0.15) is 17.3 Å². The SMILES string of the molecule is CC(SCc1ccccc1Cl)C(=O)Nc1c(F)cccc1F. The zero-order valence-corrected chi connectivity index (χ0v) is 13.3. The Balaban J connectivity index is 1.97. The second-order valence-electron chi connectivity index (χ2n) is 4.63. The average Bonchev–Trinajstić information content (AvgIpc) is 2.49. The lowest BCUT2D eigenvalue weighted by atomic mass is 10.2. The summed E-state index contributed by atoms with van der Waals surface area (Å²) in [7, 11) is 0. The third-order valence-corrected chi connectivity index (χ3v) is 4.59. The third kappa shape index (κ3) is 4.21. The number of amides is 1. The van der Waals surface area contributed by atoms with Crippen molar-refractivity contribution < 1.29 is 13.6 Å². The summed E-state index contributed by atoms with van der Waals surface area (Å²) in [5.74, 6) is -1.51. The molecule has 0 spiro atoms. The first-order chi connectivity index (χ1) is 10.5. The summed E-state index contributed by atoms with van der Waals surface area (Å²) in [6.07, 6.45) is 0. The maximum atomic E-state index is 13.5. The first kappa shape index (κ1) is 16.8. The summed E-state index contributed by atoms with van der Waals surface area (Å²) in [4.78, 5) is 12.0. The third-order valence-electron chi connectivity index (χ3n) is 3.03. The molecule has 0 bridgehead atoms. The Morgan fingerprint density at radius 2 is 1.82 bits per heavy atom. The van der Waals surface area contributed by atoms with Crippen LogP contribution in [0.25, 0.3) is 0 Å². The van der Waals surface area contributed by atoms with E-state index in [1.807, 2.05) is 18.2 Å². The summed E-state index contributed by atoms with van der Waals surface area (Å²) in [6.45, 7) is 1.68. The van der Waals surface area contributed by atoms with Crippen molar-refractivity contribution in [3.63, 3.8) is 0 Å². The van der Waals surface area contributed by atoms with E-state index in [0.29, 0.717) is 10.8 Å². The Bertz CT molecular complexity index is 661. The summed E-state index contributed by atoms with van der Waals surface area (Å²) in [6, 6.07) is 10.8. The van der Waals surface area contributed by atoms with Crippen LogP contribution < -0.4 is 5.32 Å². The van der Waals surface area contributed by atoms with Gasteiger partial charge in [-0.3, -0.25) is 4.79 Å². The van der Waals surface area contributed by atoms with Crippen molar-refractivity contribution >= 4 is 35.0 Å². The van der Waals surface area contributed by atoms with Gasteiger partial charge < -0.3 is 5.32 Å². The Kier molecular flexibility index (Phi) is 5.80. The monoisotopic (exact) mass is 341 g/mol. The molecule has 0 aromatic heterocycles. The van der Waals surface area contributed by atoms with E-state index >= 15 is 0 Å². The van der Waals surface area contributed by atoms with Gasteiger partial charge in [0.2, 0.25) is 5.91 Å². The van der Waals surface area contributed by atoms with Crippen molar-refractivity contribution in [3.8, 4) is 0 Å². The molecule has 1 atom stereocenters. The number of benzene rings is 2. The van der Waals surface area contributed by atoms with Crippen LogP contribution in [-0.2, 0) is 10.5 Å². The van der Waals surface area contributed by atoms with E-state index in [4.69, 9.17) is 11.6 Å². The van der Waals surface area contributed by atoms with E-state index in [-0.39, 0.29) is 0 Å². The highest BCUT2D eigenvalue weighted by atomic mass is 35.5. The number of halogens is 3. The van der Waals surface area contributed by atoms with Crippen molar-refractivity contribution in [1.82, 2.24) is 0 Å². The quantitative estimate of drug-likeness (QED) is 0.839. The van der Waals surface area contributed by atoms with Crippen molar-refractivity contribution in [1.29, 1.82) is 0 Å². The van der Waals surface area contributed by atoms with Crippen LogP contribution in [0.15, 0.2) is 42.5 Å². The smallest absolute Gasteiger partial charge is 0.237 e. The zero-order valence-electron chi connectivity index (χ0n) is 11.8. The Labute approximate surface area is 136 Å². The van der Waals surface area contributed by atoms with Gasteiger partial charge in [-0.2, -0.15) is 0 Å². The molecule has 0 saturated carbocycles. The Hall–Kier alpha value is -1.59. The molecule has 1 amide bonds. The Morgan fingerprint density at radius 3 is 2.45 bits per heavy atom. The fraction of sp³-hybridized carbons (Fsp3) is 0.188. The normalized spacial score (nSPS) is 12.0. The minimum absolute atomic E-state index is 0.419. The molecule has 0 fully saturated rings. The highest BCUT2D eigenvalue weighted by Crippen LogP contribution is 2.25. The number of thioether (sulfide) groups is 1. The topological polar surface area (TPSA) is 29.1 Å². The van der Waals surface area contributed by atoms with Gasteiger partial charge in [0.05, 0.1) is 5.25 Å². The number of rotatable bonds is 5. The number of para-hydroxylation sites is 1. The molecule has 0 aliphatic carbocycles. The Morgan fingerprint density at radius 1 is 1.18 bits per heavy atom. The lowest BCUT2D eigenvalue weighted by Gasteiger charge is -2.13. The number of nitrogens with one attached hydrogen (secondary N) is 1. The van der Waals surface area contributed by atoms with Crippen LogP contribution in [0.2, 0.25) is 5.02 Å². The van der Waals surface area contributed by atoms with Gasteiger partial charge in [0, 0.05) is 10.8 Å². The van der Waals surface area contributed by atoms with E-state index in [0.717, 1.165) is 17.7 Å². The van der Waals surface area contributed by atoms with Gasteiger partial charge in [-0.25, -0.2) is 8.78 Å². The van der Waals surface area contributed by atoms with Crippen molar-refractivity contribution in [2.75, 3.05) is 5.32 Å². The van der Waals surface area contributed by atoms with Crippen LogP contribution in [0.4, 0.5) is 14.5 Å². The molecule has 2 rings (SSSR count). The largest absolute Gasteiger partial charge is 0.320 e. The number of carbonyl (C=O) groups is 1. The van der Waals surface area contributed by atoms with Gasteiger partial charge in [-0.1, -0.05) is 35.9 Å². The number of hydrogen-bond donors (Lipinski definition) is 1. The van der Waals surface area contributed by atoms with Gasteiger partial charge in [-0.05, 0) is 30.7 Å². The molecule has 1 N–H and O–H groups in total. The molecule has 116 valence electrons. The van der Waals surface area contributed by atoms with Crippen molar-refractivity contribution in [3.05, 3.63) is 64.7 Å². The molecule has 2 aromatic rings. The van der Waals surface area contributed by atoms with Gasteiger partial charge in [0.25, 0.3) is 0 Å². The standard InChI is InChI=1S/C16H14ClF2NOS/c1-10(22-9-11-5-2-3-6-12(11)17)16(21)20-15-13(18)7-4-8-14(15)19/h2-8,10H,9H2,1H3,(H,20,21). The van der Waals surface area contributed by atoms with E-state index in [2.05, 4.69) is 5.32 Å². The average molecular weight is 342 g/mol. The fourth-order valence-electron chi connectivity index (χ4n) is 1.75. The molecule has 0 aliphatic rings. The summed E-state index contributed by atoms with van der Waals surface area (Å²) in [5.41, 5.74) is 0.489. The van der Waals surface area contributed by atoms with Crippen LogP contribution in [0.3, 0.4) is 0 Å². The molecule has 2 aromatic carbocycles. The summed E-state index contributed by atoms with van der Waals surface area (Å²) in [5, 5.41) is 2.44. The highest BCUT2D eigenvalue weighted by Gasteiger charge is 2.18. The zero-order chi connectivity index (χ0) is 16.1. The summed E-state index contributed by atoms with van der Waals surface area (Å²) >= 11 is 7.39. The van der Waals surface area contributed by atoms with Crippen molar-refractivity contribution in [2.45, 2.75) is 17.9 Å². The van der Waals surface area contributed by atoms with E-state index in [1.165, 1.54) is 17.8 Å². The molecule has 0 saturated heterocycles. The number of hydrogen-bond acceptors (Lipinski definition) is 2. The molecule has 0 radical (unpaired) electrons. The molecule has 22 heavy (non-hydrogen) atoms. The predicted octanol–water partition coefficient (Wildman–Crippen LogP) is 4.88. The minimum Gasteiger partial charge on any atom is -0.320 e. The highest BCUT2D eigenvalue weighted by molar-refractivity contribution is 7.99. The minimum atomic E-state index is -0.795. The van der Waals surface area contributed by atoms with Crippen LogP contribution in [0.5, 0.6) is 0 Å². The molecular weight excluding hydrogens is 328 g/mol. The van der Waals surface area contributed by atoms with E-state index < -0.39 is 28.5 Å². The molecular formula is C16H14ClF2NOS. The van der Waals surface area contributed by atoms with Gasteiger partial charge in [0.15, 0.2) is 0 Å². The van der Waals surface area contributed by atoms with Crippen LogP contribution in [-0.4, -0.2) is 11.2 Å². The first-order valence-electron chi connectivity index (χ1n) is 6.59. The number of carbonyl (C=O) groups excluding carboxylic acids is 1. The van der Waals surface area contributed by atoms with Crippen molar-refractivity contribution in [2.24, 2.45) is 0 Å². The van der Waals surface area contributed by atoms with Crippen LogP contribution in [0.1, 0.15) is 12.5 Å². The van der Waals surface area contributed by atoms with E-state index in [9.17, 15) is 13.6 Å². The van der Waals surface area contributed by atoms with Gasteiger partial charge >= 0.3 is 0 Å². The van der Waals surface area contributed by atoms with Crippen LogP contribution in [0, 0.1) is 11.6 Å².